The largest absolute Gasteiger partial charge is 0.496 e. The van der Waals surface area contributed by atoms with Crippen LogP contribution in [0, 0.1) is 0 Å². The zero-order valence-electron chi connectivity index (χ0n) is 8.95. The first-order valence-corrected chi connectivity index (χ1v) is 4.68. The van der Waals surface area contributed by atoms with Crippen LogP contribution in [0.2, 0.25) is 0 Å². The number of methoxy groups -OCH3 is 1. The van der Waals surface area contributed by atoms with E-state index >= 15 is 0 Å². The van der Waals surface area contributed by atoms with Crippen LogP contribution < -0.4 is 0 Å². The maximum Gasteiger partial charge on any atom is 0.126 e. The Balaban J connectivity index is 2.93. The molecule has 1 aromatic carbocycles. The van der Waals surface area contributed by atoms with Crippen molar-refractivity contribution < 1.29 is 4.74 Å². The number of benzene rings is 1. The van der Waals surface area contributed by atoms with Crippen molar-refractivity contribution in [3.05, 3.63) is 53.6 Å². The molecule has 0 N–H and O–H groups in total. The smallest absolute Gasteiger partial charge is 0.126 e. The lowest BCUT2D eigenvalue weighted by molar-refractivity contribution is 0.370. The minimum atomic E-state index is 0.895. The molecule has 0 bridgehead atoms. The molecule has 0 atom stereocenters. The van der Waals surface area contributed by atoms with Gasteiger partial charge in [-0.15, -0.1) is 0 Å². The molecule has 0 aliphatic heterocycles. The summed E-state index contributed by atoms with van der Waals surface area (Å²) in [4.78, 5) is 0. The molecule has 0 unspecified atom stereocenters. The van der Waals surface area contributed by atoms with Crippen molar-refractivity contribution >= 4 is 5.76 Å². The first-order chi connectivity index (χ1) is 6.74. The fourth-order valence-electron chi connectivity index (χ4n) is 1.13. The zero-order chi connectivity index (χ0) is 10.4. The molecule has 0 saturated carbocycles. The van der Waals surface area contributed by atoms with Gasteiger partial charge in [0.1, 0.15) is 5.76 Å². The van der Waals surface area contributed by atoms with Gasteiger partial charge in [0.2, 0.25) is 0 Å². The summed E-state index contributed by atoms with van der Waals surface area (Å²) in [6, 6.07) is 10.1. The van der Waals surface area contributed by atoms with E-state index in [-0.39, 0.29) is 0 Å². The van der Waals surface area contributed by atoms with E-state index in [4.69, 9.17) is 4.74 Å². The highest BCUT2D eigenvalue weighted by Crippen LogP contribution is 2.14. The van der Waals surface area contributed by atoms with Crippen molar-refractivity contribution in [2.75, 3.05) is 7.11 Å². The van der Waals surface area contributed by atoms with Gasteiger partial charge < -0.3 is 4.74 Å². The molecule has 74 valence electrons. The first-order valence-electron chi connectivity index (χ1n) is 4.68. The van der Waals surface area contributed by atoms with E-state index in [0.29, 0.717) is 0 Å². The van der Waals surface area contributed by atoms with Crippen molar-refractivity contribution in [3.8, 4) is 0 Å². The van der Waals surface area contributed by atoms with Gasteiger partial charge in [-0.2, -0.15) is 0 Å². The van der Waals surface area contributed by atoms with E-state index in [9.17, 15) is 0 Å². The number of rotatable bonds is 3. The van der Waals surface area contributed by atoms with Gasteiger partial charge in [0.15, 0.2) is 0 Å². The van der Waals surface area contributed by atoms with Gasteiger partial charge in [-0.25, -0.2) is 0 Å². The Hall–Kier alpha value is -1.50. The van der Waals surface area contributed by atoms with Crippen LogP contribution in [-0.2, 0) is 4.74 Å². The van der Waals surface area contributed by atoms with Crippen LogP contribution in [0.3, 0.4) is 0 Å². The maximum atomic E-state index is 5.30. The van der Waals surface area contributed by atoms with E-state index in [1.807, 2.05) is 42.5 Å². The van der Waals surface area contributed by atoms with Gasteiger partial charge in [0, 0.05) is 5.56 Å². The molecule has 1 nitrogen and oxygen atoms in total. The number of hydrogen-bond acceptors (Lipinski definition) is 1. The van der Waals surface area contributed by atoms with E-state index in [1.165, 1.54) is 5.57 Å². The SMILES string of the molecule is CO/C(=C/C=C(C)C)c1ccccc1. The van der Waals surface area contributed by atoms with Gasteiger partial charge in [0.25, 0.3) is 0 Å². The monoisotopic (exact) mass is 188 g/mol. The lowest BCUT2D eigenvalue weighted by Crippen LogP contribution is -1.85. The second kappa shape index (κ2) is 5.28. The Kier molecular flexibility index (Phi) is 3.99. The predicted molar refractivity (Wildman–Crippen MR) is 60.9 cm³/mol. The Labute approximate surface area is 85.7 Å². The summed E-state index contributed by atoms with van der Waals surface area (Å²) in [7, 11) is 1.69. The highest BCUT2D eigenvalue weighted by molar-refractivity contribution is 5.61. The third kappa shape index (κ3) is 3.09. The summed E-state index contributed by atoms with van der Waals surface area (Å²) in [6.45, 7) is 4.13. The Morgan fingerprint density at radius 1 is 1.07 bits per heavy atom. The molecule has 0 aliphatic rings. The van der Waals surface area contributed by atoms with Crippen molar-refractivity contribution in [3.63, 3.8) is 0 Å². The van der Waals surface area contributed by atoms with Gasteiger partial charge in [-0.1, -0.05) is 42.0 Å². The number of hydrogen-bond donors (Lipinski definition) is 0. The van der Waals surface area contributed by atoms with Crippen LogP contribution in [0.15, 0.2) is 48.1 Å². The Morgan fingerprint density at radius 3 is 2.21 bits per heavy atom. The van der Waals surface area contributed by atoms with Crippen molar-refractivity contribution in [1.82, 2.24) is 0 Å². The van der Waals surface area contributed by atoms with Gasteiger partial charge >= 0.3 is 0 Å². The van der Waals surface area contributed by atoms with Crippen molar-refractivity contribution in [2.45, 2.75) is 13.8 Å². The van der Waals surface area contributed by atoms with Crippen LogP contribution >= 0.6 is 0 Å². The lowest BCUT2D eigenvalue weighted by Gasteiger charge is -2.04. The molecule has 0 fully saturated rings. The summed E-state index contributed by atoms with van der Waals surface area (Å²) >= 11 is 0. The molecule has 0 amide bonds. The molecule has 0 aliphatic carbocycles. The second-order valence-corrected chi connectivity index (χ2v) is 3.35. The summed E-state index contributed by atoms with van der Waals surface area (Å²) in [5.74, 6) is 0.895. The normalized spacial score (nSPS) is 10.9. The van der Waals surface area contributed by atoms with E-state index in [1.54, 1.807) is 7.11 Å². The average Bonchev–Trinajstić information content (AvgIpc) is 2.20. The number of ether oxygens (including phenoxy) is 1. The topological polar surface area (TPSA) is 9.23 Å². The molecule has 0 heterocycles. The van der Waals surface area contributed by atoms with Crippen LogP contribution in [0.4, 0.5) is 0 Å². The third-order valence-electron chi connectivity index (χ3n) is 1.85. The molecular weight excluding hydrogens is 172 g/mol. The quantitative estimate of drug-likeness (QED) is 0.519. The molecular formula is C13H16O. The van der Waals surface area contributed by atoms with E-state index in [0.717, 1.165) is 11.3 Å². The van der Waals surface area contributed by atoms with Crippen LogP contribution in [0.1, 0.15) is 19.4 Å². The molecule has 0 aromatic heterocycles. The second-order valence-electron chi connectivity index (χ2n) is 3.35. The predicted octanol–water partition coefficient (Wildman–Crippen LogP) is 3.64. The van der Waals surface area contributed by atoms with Crippen LogP contribution in [0.25, 0.3) is 5.76 Å². The summed E-state index contributed by atoms with van der Waals surface area (Å²) in [5, 5.41) is 0. The summed E-state index contributed by atoms with van der Waals surface area (Å²) < 4.78 is 5.30. The number of allylic oxidation sites excluding steroid dienone is 3. The zero-order valence-corrected chi connectivity index (χ0v) is 8.95. The molecule has 1 heteroatoms. The molecule has 0 spiro atoms. The Morgan fingerprint density at radius 2 is 1.71 bits per heavy atom. The third-order valence-corrected chi connectivity index (χ3v) is 1.85. The summed E-state index contributed by atoms with van der Waals surface area (Å²) in [5.41, 5.74) is 2.36. The minimum absolute atomic E-state index is 0.895. The molecule has 14 heavy (non-hydrogen) atoms. The standard InChI is InChI=1S/C13H16O/c1-11(2)9-10-13(14-3)12-7-5-4-6-8-12/h4-10H,1-3H3/b13-10+. The lowest BCUT2D eigenvalue weighted by atomic mass is 10.1. The van der Waals surface area contributed by atoms with Crippen molar-refractivity contribution in [2.24, 2.45) is 0 Å². The van der Waals surface area contributed by atoms with Gasteiger partial charge in [-0.3, -0.25) is 0 Å². The van der Waals surface area contributed by atoms with Crippen LogP contribution in [-0.4, -0.2) is 7.11 Å². The molecule has 0 radical (unpaired) electrons. The van der Waals surface area contributed by atoms with Crippen LogP contribution in [0.5, 0.6) is 0 Å². The molecule has 1 rings (SSSR count). The van der Waals surface area contributed by atoms with E-state index in [2.05, 4.69) is 13.8 Å². The maximum absolute atomic E-state index is 5.30. The highest BCUT2D eigenvalue weighted by atomic mass is 16.5. The highest BCUT2D eigenvalue weighted by Gasteiger charge is 1.97. The summed E-state index contributed by atoms with van der Waals surface area (Å²) in [6.07, 6.45) is 4.04. The minimum Gasteiger partial charge on any atom is -0.496 e. The molecule has 1 aromatic rings. The first kappa shape index (κ1) is 10.6. The molecule has 0 saturated heterocycles. The van der Waals surface area contributed by atoms with Crippen molar-refractivity contribution in [1.29, 1.82) is 0 Å². The average molecular weight is 188 g/mol. The fourth-order valence-corrected chi connectivity index (χ4v) is 1.13. The Bertz CT molecular complexity index is 330. The van der Waals surface area contributed by atoms with Gasteiger partial charge in [0.05, 0.1) is 7.11 Å². The fraction of sp³-hybridized carbons (Fsp3) is 0.231. The van der Waals surface area contributed by atoms with E-state index < -0.39 is 0 Å². The van der Waals surface area contributed by atoms with Gasteiger partial charge in [-0.05, 0) is 19.9 Å².